The molecule has 1 heterocycles. The molecule has 0 aliphatic rings. The SMILES string of the molecule is Cn1cc(Nc2ccccc2CC(C(=O)O)C(=O)OC(C)(C)C)c(C(F)F)n1. The number of carbonyl (C=O) groups is 2. The normalized spacial score (nSPS) is 12.7. The van der Waals surface area contributed by atoms with Crippen LogP contribution in [-0.2, 0) is 27.8 Å². The van der Waals surface area contributed by atoms with E-state index in [2.05, 4.69) is 10.4 Å². The van der Waals surface area contributed by atoms with Crippen molar-refractivity contribution in [2.45, 2.75) is 39.2 Å². The molecule has 28 heavy (non-hydrogen) atoms. The van der Waals surface area contributed by atoms with Crippen molar-refractivity contribution in [3.05, 3.63) is 41.7 Å². The van der Waals surface area contributed by atoms with E-state index in [4.69, 9.17) is 4.74 Å². The molecule has 9 heteroatoms. The number of aromatic nitrogens is 2. The van der Waals surface area contributed by atoms with Crippen molar-refractivity contribution in [1.82, 2.24) is 9.78 Å². The van der Waals surface area contributed by atoms with Crippen LogP contribution in [0.4, 0.5) is 20.2 Å². The first kappa shape index (κ1) is 21.3. The van der Waals surface area contributed by atoms with Crippen molar-refractivity contribution in [2.24, 2.45) is 13.0 Å². The van der Waals surface area contributed by atoms with Crippen LogP contribution >= 0.6 is 0 Å². The highest BCUT2D eigenvalue weighted by Crippen LogP contribution is 2.30. The molecular formula is C19H23F2N3O4. The van der Waals surface area contributed by atoms with Gasteiger partial charge in [-0.05, 0) is 38.8 Å². The molecule has 2 N–H and O–H groups in total. The molecule has 0 aliphatic carbocycles. The van der Waals surface area contributed by atoms with E-state index in [-0.39, 0.29) is 12.1 Å². The third-order valence-corrected chi connectivity index (χ3v) is 3.76. The van der Waals surface area contributed by atoms with E-state index in [1.165, 1.54) is 17.9 Å². The number of anilines is 2. The van der Waals surface area contributed by atoms with Crippen molar-refractivity contribution in [3.63, 3.8) is 0 Å². The Labute approximate surface area is 161 Å². The Bertz CT molecular complexity index is 859. The maximum Gasteiger partial charge on any atom is 0.321 e. The highest BCUT2D eigenvalue weighted by molar-refractivity contribution is 5.94. The summed E-state index contributed by atoms with van der Waals surface area (Å²) in [5.41, 5.74) is -0.255. The summed E-state index contributed by atoms with van der Waals surface area (Å²) in [5, 5.41) is 16.1. The number of nitrogens with one attached hydrogen (secondary N) is 1. The molecule has 0 spiro atoms. The van der Waals surface area contributed by atoms with Crippen LogP contribution in [-0.4, -0.2) is 32.4 Å². The second kappa shape index (κ2) is 8.37. The van der Waals surface area contributed by atoms with Gasteiger partial charge >= 0.3 is 11.9 Å². The zero-order chi connectivity index (χ0) is 21.1. The molecule has 0 saturated heterocycles. The van der Waals surface area contributed by atoms with Crippen LogP contribution in [0.25, 0.3) is 0 Å². The zero-order valence-electron chi connectivity index (χ0n) is 16.1. The standard InChI is InChI=1S/C19H23F2N3O4/c1-19(2,3)28-18(27)12(17(25)26)9-11-7-5-6-8-13(11)22-14-10-24(4)23-15(14)16(20)21/h5-8,10,12,16,22H,9H2,1-4H3,(H,25,26). The first-order chi connectivity index (χ1) is 13.0. The van der Waals surface area contributed by atoms with Crippen LogP contribution in [0.15, 0.2) is 30.5 Å². The molecule has 7 nitrogen and oxygen atoms in total. The number of rotatable bonds is 7. The first-order valence-electron chi connectivity index (χ1n) is 8.60. The predicted molar refractivity (Wildman–Crippen MR) is 98.6 cm³/mol. The summed E-state index contributed by atoms with van der Waals surface area (Å²) in [4.78, 5) is 23.9. The molecule has 2 rings (SSSR count). The Kier molecular flexibility index (Phi) is 6.37. The summed E-state index contributed by atoms with van der Waals surface area (Å²) in [6, 6.07) is 6.59. The number of halogens is 2. The highest BCUT2D eigenvalue weighted by Gasteiger charge is 2.32. The van der Waals surface area contributed by atoms with Gasteiger partial charge in [-0.15, -0.1) is 0 Å². The number of hydrogen-bond acceptors (Lipinski definition) is 5. The van der Waals surface area contributed by atoms with Gasteiger partial charge in [0.2, 0.25) is 0 Å². The minimum absolute atomic E-state index is 0.106. The molecule has 2 aromatic rings. The minimum atomic E-state index is -2.77. The summed E-state index contributed by atoms with van der Waals surface area (Å²) in [6.45, 7) is 4.94. The topological polar surface area (TPSA) is 93.5 Å². The second-order valence-electron chi connectivity index (χ2n) is 7.31. The maximum atomic E-state index is 13.2. The fourth-order valence-electron chi connectivity index (χ4n) is 2.59. The Balaban J connectivity index is 2.30. The number of hydrogen-bond donors (Lipinski definition) is 2. The molecule has 0 bridgehead atoms. The number of benzene rings is 1. The smallest absolute Gasteiger partial charge is 0.321 e. The quantitative estimate of drug-likeness (QED) is 0.549. The summed E-state index contributed by atoms with van der Waals surface area (Å²) in [6.07, 6.45) is -1.53. The minimum Gasteiger partial charge on any atom is -0.481 e. The van der Waals surface area contributed by atoms with E-state index in [9.17, 15) is 23.5 Å². The van der Waals surface area contributed by atoms with Gasteiger partial charge in [0.15, 0.2) is 11.6 Å². The maximum absolute atomic E-state index is 13.2. The van der Waals surface area contributed by atoms with Gasteiger partial charge in [-0.1, -0.05) is 18.2 Å². The van der Waals surface area contributed by atoms with Crippen LogP contribution in [0.2, 0.25) is 0 Å². The van der Waals surface area contributed by atoms with Crippen molar-refractivity contribution < 1.29 is 28.2 Å². The Morgan fingerprint density at radius 3 is 2.46 bits per heavy atom. The van der Waals surface area contributed by atoms with Gasteiger partial charge in [0.05, 0.1) is 5.69 Å². The van der Waals surface area contributed by atoms with E-state index in [1.54, 1.807) is 45.0 Å². The molecule has 0 saturated carbocycles. The average molecular weight is 395 g/mol. The molecule has 0 aliphatic heterocycles. The summed E-state index contributed by atoms with van der Waals surface area (Å²) in [5.74, 6) is -3.60. The largest absolute Gasteiger partial charge is 0.481 e. The fourth-order valence-corrected chi connectivity index (χ4v) is 2.59. The molecule has 1 aromatic heterocycles. The molecule has 1 aromatic carbocycles. The fraction of sp³-hybridized carbons (Fsp3) is 0.421. The Morgan fingerprint density at radius 1 is 1.25 bits per heavy atom. The lowest BCUT2D eigenvalue weighted by Crippen LogP contribution is -2.34. The van der Waals surface area contributed by atoms with Crippen molar-refractivity contribution in [1.29, 1.82) is 0 Å². The van der Waals surface area contributed by atoms with Gasteiger partial charge in [-0.3, -0.25) is 14.3 Å². The number of aryl methyl sites for hydroxylation is 1. The lowest BCUT2D eigenvalue weighted by atomic mass is 9.97. The molecule has 152 valence electrons. The summed E-state index contributed by atoms with van der Waals surface area (Å²) >= 11 is 0. The lowest BCUT2D eigenvalue weighted by molar-refractivity contribution is -0.166. The van der Waals surface area contributed by atoms with Crippen molar-refractivity contribution >= 4 is 23.3 Å². The van der Waals surface area contributed by atoms with E-state index in [0.29, 0.717) is 11.3 Å². The number of alkyl halides is 2. The van der Waals surface area contributed by atoms with Gasteiger partial charge < -0.3 is 15.2 Å². The summed E-state index contributed by atoms with van der Waals surface area (Å²) in [7, 11) is 1.52. The van der Waals surface area contributed by atoms with Crippen LogP contribution in [0.1, 0.15) is 38.5 Å². The third kappa shape index (κ3) is 5.51. The number of esters is 1. The molecule has 1 atom stereocenters. The third-order valence-electron chi connectivity index (χ3n) is 3.76. The summed E-state index contributed by atoms with van der Waals surface area (Å²) < 4.78 is 32.8. The van der Waals surface area contributed by atoms with E-state index in [1.807, 2.05) is 0 Å². The number of nitrogens with zero attached hydrogens (tertiary/aromatic N) is 2. The van der Waals surface area contributed by atoms with Gasteiger partial charge in [-0.2, -0.15) is 5.10 Å². The lowest BCUT2D eigenvalue weighted by Gasteiger charge is -2.22. The van der Waals surface area contributed by atoms with Gasteiger partial charge in [-0.25, -0.2) is 8.78 Å². The monoisotopic (exact) mass is 395 g/mol. The van der Waals surface area contributed by atoms with Crippen LogP contribution in [0, 0.1) is 5.92 Å². The zero-order valence-corrected chi connectivity index (χ0v) is 16.1. The Hall–Kier alpha value is -2.97. The average Bonchev–Trinajstić information content (AvgIpc) is 2.92. The highest BCUT2D eigenvalue weighted by atomic mass is 19.3. The van der Waals surface area contributed by atoms with Crippen LogP contribution in [0.3, 0.4) is 0 Å². The van der Waals surface area contributed by atoms with E-state index >= 15 is 0 Å². The van der Waals surface area contributed by atoms with E-state index in [0.717, 1.165) is 0 Å². The van der Waals surface area contributed by atoms with E-state index < -0.39 is 35.6 Å². The van der Waals surface area contributed by atoms with Gasteiger partial charge in [0.25, 0.3) is 6.43 Å². The van der Waals surface area contributed by atoms with Crippen molar-refractivity contribution in [3.8, 4) is 0 Å². The van der Waals surface area contributed by atoms with Crippen LogP contribution < -0.4 is 5.32 Å². The predicted octanol–water partition coefficient (Wildman–Crippen LogP) is 3.69. The second-order valence-corrected chi connectivity index (χ2v) is 7.31. The molecule has 1 unspecified atom stereocenters. The van der Waals surface area contributed by atoms with Crippen LogP contribution in [0.5, 0.6) is 0 Å². The number of carbonyl (C=O) groups excluding carboxylic acids is 1. The van der Waals surface area contributed by atoms with Crippen molar-refractivity contribution in [2.75, 3.05) is 5.32 Å². The number of ether oxygens (including phenoxy) is 1. The number of carboxylic acid groups (broad SMARTS) is 1. The van der Waals surface area contributed by atoms with Gasteiger partial charge in [0.1, 0.15) is 5.60 Å². The van der Waals surface area contributed by atoms with Gasteiger partial charge in [0, 0.05) is 18.9 Å². The number of para-hydroxylation sites is 1. The molecule has 0 fully saturated rings. The molecule has 0 amide bonds. The molecule has 0 radical (unpaired) electrons. The number of carboxylic acids is 1. The Morgan fingerprint density at radius 2 is 1.89 bits per heavy atom. The molecular weight excluding hydrogens is 372 g/mol. The number of aliphatic carboxylic acids is 1. The first-order valence-corrected chi connectivity index (χ1v) is 8.60.